The Kier molecular flexibility index (Phi) is 3.94. The Balaban J connectivity index is 1.49. The second-order valence-electron chi connectivity index (χ2n) is 6.25. The van der Waals surface area contributed by atoms with E-state index in [4.69, 9.17) is 0 Å². The standard InChI is InChI=1S/C21H19N3O/c1-15-9-10-17-14-22-24(20(17)13-15)12-11-21(25)23-19-8-4-6-16-5-2-3-7-18(16)19/h2-10,13-14H,11-12H2,1H3,(H,23,25). The number of rotatable bonds is 4. The van der Waals surface area contributed by atoms with Gasteiger partial charge < -0.3 is 5.32 Å². The van der Waals surface area contributed by atoms with Crippen LogP contribution in [0.25, 0.3) is 21.7 Å². The first-order valence-electron chi connectivity index (χ1n) is 8.40. The Morgan fingerprint density at radius 1 is 1.04 bits per heavy atom. The normalized spacial score (nSPS) is 11.1. The van der Waals surface area contributed by atoms with E-state index in [1.165, 1.54) is 5.56 Å². The summed E-state index contributed by atoms with van der Waals surface area (Å²) in [7, 11) is 0. The number of aryl methyl sites for hydroxylation is 2. The van der Waals surface area contributed by atoms with E-state index < -0.39 is 0 Å². The van der Waals surface area contributed by atoms with E-state index in [2.05, 4.69) is 35.5 Å². The van der Waals surface area contributed by atoms with Crippen molar-refractivity contribution in [3.63, 3.8) is 0 Å². The van der Waals surface area contributed by atoms with Gasteiger partial charge in [0.25, 0.3) is 0 Å². The highest BCUT2D eigenvalue weighted by atomic mass is 16.1. The summed E-state index contributed by atoms with van der Waals surface area (Å²) in [5.74, 6) is -0.00680. The molecule has 1 heterocycles. The lowest BCUT2D eigenvalue weighted by molar-refractivity contribution is -0.116. The van der Waals surface area contributed by atoms with Crippen LogP contribution in [0.1, 0.15) is 12.0 Å². The molecular formula is C21H19N3O. The van der Waals surface area contributed by atoms with Gasteiger partial charge >= 0.3 is 0 Å². The minimum atomic E-state index is -0.00680. The molecule has 1 N–H and O–H groups in total. The van der Waals surface area contributed by atoms with E-state index in [0.717, 1.165) is 27.4 Å². The molecule has 0 saturated heterocycles. The minimum Gasteiger partial charge on any atom is -0.325 e. The molecule has 4 nitrogen and oxygen atoms in total. The topological polar surface area (TPSA) is 46.9 Å². The van der Waals surface area contributed by atoms with Gasteiger partial charge in [0.15, 0.2) is 0 Å². The van der Waals surface area contributed by atoms with Crippen LogP contribution in [0.15, 0.2) is 66.9 Å². The smallest absolute Gasteiger partial charge is 0.226 e. The van der Waals surface area contributed by atoms with Gasteiger partial charge in [0, 0.05) is 22.9 Å². The Labute approximate surface area is 146 Å². The van der Waals surface area contributed by atoms with Gasteiger partial charge in [-0.3, -0.25) is 9.48 Å². The number of hydrogen-bond donors (Lipinski definition) is 1. The van der Waals surface area contributed by atoms with Crippen LogP contribution in [0.2, 0.25) is 0 Å². The van der Waals surface area contributed by atoms with Crippen LogP contribution in [-0.4, -0.2) is 15.7 Å². The van der Waals surface area contributed by atoms with E-state index in [0.29, 0.717) is 13.0 Å². The number of aromatic nitrogens is 2. The van der Waals surface area contributed by atoms with E-state index in [1.807, 2.05) is 53.3 Å². The van der Waals surface area contributed by atoms with Crippen molar-refractivity contribution in [3.05, 3.63) is 72.4 Å². The largest absolute Gasteiger partial charge is 0.325 e. The molecule has 4 aromatic rings. The van der Waals surface area contributed by atoms with Gasteiger partial charge in [0.2, 0.25) is 5.91 Å². The Morgan fingerprint density at radius 3 is 2.80 bits per heavy atom. The molecular weight excluding hydrogens is 310 g/mol. The number of nitrogens with one attached hydrogen (secondary N) is 1. The molecule has 0 unspecified atom stereocenters. The lowest BCUT2D eigenvalue weighted by atomic mass is 10.1. The number of carbonyl (C=O) groups is 1. The molecule has 0 aliphatic rings. The molecule has 3 aromatic carbocycles. The lowest BCUT2D eigenvalue weighted by Crippen LogP contribution is -2.15. The molecule has 4 rings (SSSR count). The second-order valence-corrected chi connectivity index (χ2v) is 6.25. The maximum absolute atomic E-state index is 12.4. The molecule has 124 valence electrons. The molecule has 0 bridgehead atoms. The van der Waals surface area contributed by atoms with Crippen molar-refractivity contribution in [1.82, 2.24) is 9.78 Å². The van der Waals surface area contributed by atoms with Gasteiger partial charge in [-0.1, -0.05) is 48.5 Å². The summed E-state index contributed by atoms with van der Waals surface area (Å²) in [6.45, 7) is 2.62. The molecule has 0 aliphatic heterocycles. The van der Waals surface area contributed by atoms with E-state index >= 15 is 0 Å². The van der Waals surface area contributed by atoms with Crippen LogP contribution in [0.5, 0.6) is 0 Å². The van der Waals surface area contributed by atoms with Crippen molar-refractivity contribution in [2.45, 2.75) is 19.9 Å². The van der Waals surface area contributed by atoms with Crippen LogP contribution < -0.4 is 5.32 Å². The molecule has 0 saturated carbocycles. The van der Waals surface area contributed by atoms with Gasteiger partial charge in [0.05, 0.1) is 18.3 Å². The molecule has 0 spiro atoms. The van der Waals surface area contributed by atoms with E-state index in [-0.39, 0.29) is 5.91 Å². The second kappa shape index (κ2) is 6.40. The van der Waals surface area contributed by atoms with Gasteiger partial charge in [0.1, 0.15) is 0 Å². The SMILES string of the molecule is Cc1ccc2cnn(CCC(=O)Nc3cccc4ccccc34)c2c1. The number of hydrogen-bond acceptors (Lipinski definition) is 2. The van der Waals surface area contributed by atoms with Crippen molar-refractivity contribution >= 4 is 33.3 Å². The Morgan fingerprint density at radius 2 is 1.88 bits per heavy atom. The minimum absolute atomic E-state index is 0.00680. The van der Waals surface area contributed by atoms with Crippen LogP contribution in [0, 0.1) is 6.92 Å². The van der Waals surface area contributed by atoms with Gasteiger partial charge in [-0.25, -0.2) is 0 Å². The van der Waals surface area contributed by atoms with Crippen molar-refractivity contribution < 1.29 is 4.79 Å². The Hall–Kier alpha value is -3.14. The van der Waals surface area contributed by atoms with E-state index in [9.17, 15) is 4.79 Å². The fourth-order valence-corrected chi connectivity index (χ4v) is 3.11. The fraction of sp³-hybridized carbons (Fsp3) is 0.143. The van der Waals surface area contributed by atoms with Crippen LogP contribution in [0.3, 0.4) is 0 Å². The summed E-state index contributed by atoms with van der Waals surface area (Å²) in [6, 6.07) is 20.2. The molecule has 0 aliphatic carbocycles. The third-order valence-corrected chi connectivity index (χ3v) is 4.41. The fourth-order valence-electron chi connectivity index (χ4n) is 3.11. The third-order valence-electron chi connectivity index (χ3n) is 4.41. The zero-order valence-corrected chi connectivity index (χ0v) is 14.1. The van der Waals surface area contributed by atoms with Gasteiger partial charge in [-0.05, 0) is 30.0 Å². The molecule has 1 amide bonds. The zero-order chi connectivity index (χ0) is 17.2. The predicted molar refractivity (Wildman–Crippen MR) is 102 cm³/mol. The first-order valence-corrected chi connectivity index (χ1v) is 8.40. The number of anilines is 1. The van der Waals surface area contributed by atoms with Crippen molar-refractivity contribution in [2.24, 2.45) is 0 Å². The first-order chi connectivity index (χ1) is 12.2. The predicted octanol–water partition coefficient (Wildman–Crippen LogP) is 4.53. The highest BCUT2D eigenvalue weighted by Gasteiger charge is 2.08. The van der Waals surface area contributed by atoms with Gasteiger partial charge in [-0.15, -0.1) is 0 Å². The molecule has 1 aromatic heterocycles. The number of benzene rings is 3. The monoisotopic (exact) mass is 329 g/mol. The maximum atomic E-state index is 12.4. The summed E-state index contributed by atoms with van der Waals surface area (Å²) >= 11 is 0. The lowest BCUT2D eigenvalue weighted by Gasteiger charge is -2.09. The summed E-state index contributed by atoms with van der Waals surface area (Å²) in [5.41, 5.74) is 3.11. The van der Waals surface area contributed by atoms with Crippen LogP contribution >= 0.6 is 0 Å². The van der Waals surface area contributed by atoms with Crippen molar-refractivity contribution in [2.75, 3.05) is 5.32 Å². The first kappa shape index (κ1) is 15.4. The van der Waals surface area contributed by atoms with Gasteiger partial charge in [-0.2, -0.15) is 5.10 Å². The highest BCUT2D eigenvalue weighted by molar-refractivity contribution is 6.02. The molecule has 4 heteroatoms. The number of carbonyl (C=O) groups excluding carboxylic acids is 1. The molecule has 0 radical (unpaired) electrons. The average Bonchev–Trinajstić information content (AvgIpc) is 3.02. The summed E-state index contributed by atoms with van der Waals surface area (Å²) in [5, 5.41) is 10.7. The van der Waals surface area contributed by atoms with Crippen LogP contribution in [0.4, 0.5) is 5.69 Å². The van der Waals surface area contributed by atoms with E-state index in [1.54, 1.807) is 0 Å². The molecule has 0 fully saturated rings. The highest BCUT2D eigenvalue weighted by Crippen LogP contribution is 2.23. The summed E-state index contributed by atoms with van der Waals surface area (Å²) < 4.78 is 1.89. The maximum Gasteiger partial charge on any atom is 0.226 e. The Bertz CT molecular complexity index is 1060. The number of fused-ring (bicyclic) bond motifs is 2. The van der Waals surface area contributed by atoms with Crippen molar-refractivity contribution in [1.29, 1.82) is 0 Å². The average molecular weight is 329 g/mol. The quantitative estimate of drug-likeness (QED) is 0.598. The number of amides is 1. The summed E-state index contributed by atoms with van der Waals surface area (Å²) in [6.07, 6.45) is 2.23. The third kappa shape index (κ3) is 3.11. The van der Waals surface area contributed by atoms with Crippen LogP contribution in [-0.2, 0) is 11.3 Å². The summed E-state index contributed by atoms with van der Waals surface area (Å²) in [4.78, 5) is 12.4. The zero-order valence-electron chi connectivity index (χ0n) is 14.1. The molecule has 0 atom stereocenters. The molecule has 25 heavy (non-hydrogen) atoms. The number of nitrogens with zero attached hydrogens (tertiary/aromatic N) is 2. The van der Waals surface area contributed by atoms with Crippen molar-refractivity contribution in [3.8, 4) is 0 Å².